The largest absolute Gasteiger partial charge is 0.287 e. The summed E-state index contributed by atoms with van der Waals surface area (Å²) in [7, 11) is 0. The third kappa shape index (κ3) is 35.1. The Bertz CT molecular complexity index is 637. The van der Waals surface area contributed by atoms with Crippen LogP contribution in [0.1, 0.15) is 303 Å². The van der Waals surface area contributed by atoms with Gasteiger partial charge in [0.25, 0.3) is 0 Å². The maximum Gasteiger partial charge on any atom is 0.0623 e. The van der Waals surface area contributed by atoms with Gasteiger partial charge in [-0.2, -0.15) is 0 Å². The van der Waals surface area contributed by atoms with Crippen LogP contribution >= 0.6 is 0 Å². The van der Waals surface area contributed by atoms with E-state index in [0.717, 1.165) is 6.17 Å². The molecular weight excluding hydrogens is 653 g/mol. The molecule has 0 aromatic heterocycles. The van der Waals surface area contributed by atoms with E-state index in [-0.39, 0.29) is 0 Å². The molecule has 1 fully saturated rings. The van der Waals surface area contributed by atoms with Crippen molar-refractivity contribution < 1.29 is 0 Å². The van der Waals surface area contributed by atoms with Gasteiger partial charge >= 0.3 is 0 Å². The van der Waals surface area contributed by atoms with Gasteiger partial charge in [0.05, 0.1) is 6.17 Å². The SMILES string of the molecule is CCCCCCCCCCCCCCCCCC1N(CCCCCCCCCCCCCCCC)CCN1CCCCCCCCCCCCCCCC. The van der Waals surface area contributed by atoms with E-state index in [1.165, 1.54) is 309 Å². The molecule has 0 aromatic rings. The second-order valence-electron chi connectivity index (χ2n) is 18.5. The summed E-state index contributed by atoms with van der Waals surface area (Å²) in [6.45, 7) is 12.3. The Balaban J connectivity index is 2.20. The maximum absolute atomic E-state index is 2.92. The fraction of sp³-hybridized carbons (Fsp3) is 1.00. The summed E-state index contributed by atoms with van der Waals surface area (Å²) < 4.78 is 0. The highest BCUT2D eigenvalue weighted by Gasteiger charge is 2.30. The lowest BCUT2D eigenvalue weighted by molar-refractivity contribution is 0.120. The van der Waals surface area contributed by atoms with Crippen molar-refractivity contribution in [2.45, 2.75) is 309 Å². The monoisotopic (exact) mass is 759 g/mol. The van der Waals surface area contributed by atoms with E-state index in [2.05, 4.69) is 30.6 Å². The van der Waals surface area contributed by atoms with E-state index in [0.29, 0.717) is 0 Å². The summed E-state index contributed by atoms with van der Waals surface area (Å²) in [5.41, 5.74) is 0. The Labute approximate surface area is 344 Å². The zero-order valence-electron chi connectivity index (χ0n) is 38.4. The van der Waals surface area contributed by atoms with Crippen LogP contribution in [0.15, 0.2) is 0 Å². The average molecular weight is 759 g/mol. The highest BCUT2D eigenvalue weighted by Crippen LogP contribution is 2.24. The van der Waals surface area contributed by atoms with Crippen LogP contribution in [0.3, 0.4) is 0 Å². The fourth-order valence-corrected chi connectivity index (χ4v) is 9.39. The Kier molecular flexibility index (Phi) is 42.4. The highest BCUT2D eigenvalue weighted by atomic mass is 15.4. The molecule has 0 bridgehead atoms. The Hall–Kier alpha value is -0.0800. The minimum Gasteiger partial charge on any atom is -0.287 e. The lowest BCUT2D eigenvalue weighted by Crippen LogP contribution is -2.39. The van der Waals surface area contributed by atoms with E-state index in [9.17, 15) is 0 Å². The number of hydrogen-bond acceptors (Lipinski definition) is 2. The van der Waals surface area contributed by atoms with Gasteiger partial charge in [-0.3, -0.25) is 9.80 Å². The quantitative estimate of drug-likeness (QED) is 0.0571. The molecule has 1 saturated heterocycles. The second kappa shape index (κ2) is 44.0. The van der Waals surface area contributed by atoms with Gasteiger partial charge in [-0.25, -0.2) is 0 Å². The average Bonchev–Trinajstić information content (AvgIpc) is 3.57. The first-order valence-corrected chi connectivity index (χ1v) is 26.3. The van der Waals surface area contributed by atoms with Gasteiger partial charge in [-0.1, -0.05) is 284 Å². The first kappa shape index (κ1) is 51.9. The summed E-state index contributed by atoms with van der Waals surface area (Å²) in [5, 5.41) is 0. The summed E-state index contributed by atoms with van der Waals surface area (Å²) in [5.74, 6) is 0. The number of unbranched alkanes of at least 4 members (excludes halogenated alkanes) is 40. The molecule has 1 heterocycles. The molecule has 0 aromatic carbocycles. The lowest BCUT2D eigenvalue weighted by Gasteiger charge is -2.30. The van der Waals surface area contributed by atoms with E-state index >= 15 is 0 Å². The molecule has 0 radical (unpaired) electrons. The Morgan fingerprint density at radius 1 is 0.241 bits per heavy atom. The fourth-order valence-electron chi connectivity index (χ4n) is 9.39. The smallest absolute Gasteiger partial charge is 0.0623 e. The number of nitrogens with zero attached hydrogens (tertiary/aromatic N) is 2. The predicted octanol–water partition coefficient (Wildman–Crippen LogP) is 18.2. The summed E-state index contributed by atoms with van der Waals surface area (Å²) in [6.07, 6.45) is 65.1. The molecule has 2 nitrogen and oxygen atoms in total. The van der Waals surface area contributed by atoms with Crippen molar-refractivity contribution in [3.63, 3.8) is 0 Å². The van der Waals surface area contributed by atoms with Gasteiger partial charge in [-0.05, 0) is 32.4 Å². The molecule has 0 unspecified atom stereocenters. The van der Waals surface area contributed by atoms with Crippen molar-refractivity contribution in [2.75, 3.05) is 26.2 Å². The second-order valence-corrected chi connectivity index (χ2v) is 18.5. The molecule has 0 N–H and O–H groups in total. The van der Waals surface area contributed by atoms with Crippen LogP contribution in [-0.2, 0) is 0 Å². The molecule has 0 amide bonds. The molecular formula is C52H106N2. The van der Waals surface area contributed by atoms with Crippen LogP contribution in [0.4, 0.5) is 0 Å². The summed E-state index contributed by atoms with van der Waals surface area (Å²) in [6, 6.07) is 0. The van der Waals surface area contributed by atoms with Crippen LogP contribution in [-0.4, -0.2) is 42.1 Å². The third-order valence-electron chi connectivity index (χ3n) is 13.2. The highest BCUT2D eigenvalue weighted by molar-refractivity contribution is 4.82. The summed E-state index contributed by atoms with van der Waals surface area (Å²) in [4.78, 5) is 5.85. The van der Waals surface area contributed by atoms with E-state index in [1.54, 1.807) is 0 Å². The predicted molar refractivity (Wildman–Crippen MR) is 247 cm³/mol. The Morgan fingerprint density at radius 3 is 0.648 bits per heavy atom. The first-order chi connectivity index (χ1) is 26.8. The van der Waals surface area contributed by atoms with Gasteiger partial charge in [0.2, 0.25) is 0 Å². The zero-order chi connectivity index (χ0) is 38.7. The summed E-state index contributed by atoms with van der Waals surface area (Å²) >= 11 is 0. The van der Waals surface area contributed by atoms with Crippen LogP contribution in [0.25, 0.3) is 0 Å². The van der Waals surface area contributed by atoms with E-state index < -0.39 is 0 Å². The van der Waals surface area contributed by atoms with Gasteiger partial charge in [0.15, 0.2) is 0 Å². The molecule has 0 aliphatic carbocycles. The van der Waals surface area contributed by atoms with Crippen molar-refractivity contribution in [1.82, 2.24) is 9.80 Å². The topological polar surface area (TPSA) is 6.48 Å². The molecule has 1 rings (SSSR count). The van der Waals surface area contributed by atoms with Gasteiger partial charge < -0.3 is 0 Å². The molecule has 0 saturated carbocycles. The molecule has 0 spiro atoms. The van der Waals surface area contributed by atoms with Crippen molar-refractivity contribution in [3.8, 4) is 0 Å². The van der Waals surface area contributed by atoms with Gasteiger partial charge in [0.1, 0.15) is 0 Å². The van der Waals surface area contributed by atoms with Crippen molar-refractivity contribution in [3.05, 3.63) is 0 Å². The molecule has 54 heavy (non-hydrogen) atoms. The van der Waals surface area contributed by atoms with Crippen molar-refractivity contribution >= 4 is 0 Å². The van der Waals surface area contributed by atoms with Crippen LogP contribution in [0, 0.1) is 0 Å². The van der Waals surface area contributed by atoms with Crippen LogP contribution in [0.5, 0.6) is 0 Å². The van der Waals surface area contributed by atoms with Crippen molar-refractivity contribution in [2.24, 2.45) is 0 Å². The van der Waals surface area contributed by atoms with Crippen molar-refractivity contribution in [1.29, 1.82) is 0 Å². The molecule has 0 atom stereocenters. The normalized spacial score (nSPS) is 14.3. The maximum atomic E-state index is 2.92. The van der Waals surface area contributed by atoms with E-state index in [4.69, 9.17) is 0 Å². The number of hydrogen-bond donors (Lipinski definition) is 0. The van der Waals surface area contributed by atoms with Gasteiger partial charge in [0, 0.05) is 13.1 Å². The molecule has 1 aliphatic heterocycles. The third-order valence-corrected chi connectivity index (χ3v) is 13.2. The zero-order valence-corrected chi connectivity index (χ0v) is 38.4. The first-order valence-electron chi connectivity index (χ1n) is 26.3. The van der Waals surface area contributed by atoms with Gasteiger partial charge in [-0.15, -0.1) is 0 Å². The lowest BCUT2D eigenvalue weighted by atomic mass is 10.0. The minimum atomic E-state index is 0.746. The molecule has 1 aliphatic rings. The molecule has 2 heteroatoms. The number of rotatable bonds is 46. The van der Waals surface area contributed by atoms with Crippen LogP contribution in [0.2, 0.25) is 0 Å². The Morgan fingerprint density at radius 2 is 0.426 bits per heavy atom. The minimum absolute atomic E-state index is 0.746. The standard InChI is InChI=1S/C52H106N2/c1-4-7-10-13-16-19-22-25-28-29-32-35-38-41-44-47-52-53(48-45-42-39-36-33-30-26-23-20-17-14-11-8-5-2)50-51-54(52)49-46-43-40-37-34-31-27-24-21-18-15-12-9-6-3/h52H,4-51H2,1-3H3. The van der Waals surface area contributed by atoms with Crippen LogP contribution < -0.4 is 0 Å². The molecule has 324 valence electrons. The van der Waals surface area contributed by atoms with E-state index in [1.807, 2.05) is 0 Å².